The summed E-state index contributed by atoms with van der Waals surface area (Å²) < 4.78 is 0. The van der Waals surface area contributed by atoms with Gasteiger partial charge in [-0.25, -0.2) is 0 Å². The van der Waals surface area contributed by atoms with E-state index in [0.29, 0.717) is 34.9 Å². The first kappa shape index (κ1) is 15.1. The van der Waals surface area contributed by atoms with Gasteiger partial charge in [0.2, 0.25) is 5.91 Å². The summed E-state index contributed by atoms with van der Waals surface area (Å²) in [4.78, 5) is 14.4. The molecule has 0 saturated heterocycles. The summed E-state index contributed by atoms with van der Waals surface area (Å²) in [6, 6.07) is 5.72. The molecule has 3 N–H and O–H groups in total. The molecule has 0 atom stereocenters. The average Bonchev–Trinajstić information content (AvgIpc) is 3.16. The number of rotatable bonds is 6. The van der Waals surface area contributed by atoms with E-state index in [-0.39, 0.29) is 5.91 Å². The van der Waals surface area contributed by atoms with Crippen LogP contribution in [0.4, 0.5) is 11.4 Å². The fourth-order valence-electron chi connectivity index (χ4n) is 2.26. The van der Waals surface area contributed by atoms with Gasteiger partial charge in [0, 0.05) is 18.3 Å². The predicted octanol–water partition coefficient (Wildman–Crippen LogP) is 2.98. The van der Waals surface area contributed by atoms with Crippen molar-refractivity contribution in [2.24, 2.45) is 5.92 Å². The molecule has 1 fully saturated rings. The minimum Gasteiger partial charge on any atom is -0.397 e. The quantitative estimate of drug-likeness (QED) is 0.793. The van der Waals surface area contributed by atoms with E-state index < -0.39 is 0 Å². The topological polar surface area (TPSA) is 58.4 Å². The highest BCUT2D eigenvalue weighted by molar-refractivity contribution is 6.33. The molecule has 0 aliphatic heterocycles. The molecule has 0 radical (unpaired) electrons. The smallest absolute Gasteiger partial charge is 0.238 e. The number of halogens is 1. The van der Waals surface area contributed by atoms with Gasteiger partial charge in [0.25, 0.3) is 0 Å². The van der Waals surface area contributed by atoms with E-state index in [2.05, 4.69) is 24.1 Å². The van der Waals surface area contributed by atoms with Gasteiger partial charge < -0.3 is 11.1 Å². The maximum Gasteiger partial charge on any atom is 0.238 e. The molecule has 1 aromatic rings. The minimum atomic E-state index is -0.000674. The summed E-state index contributed by atoms with van der Waals surface area (Å²) in [6.07, 6.45) is 2.40. The number of hydrogen-bond acceptors (Lipinski definition) is 3. The van der Waals surface area contributed by atoms with Gasteiger partial charge in [0.15, 0.2) is 0 Å². The van der Waals surface area contributed by atoms with E-state index in [1.807, 2.05) is 0 Å². The second-order valence-electron chi connectivity index (χ2n) is 5.84. The Labute approximate surface area is 125 Å². The van der Waals surface area contributed by atoms with Crippen LogP contribution in [0.3, 0.4) is 0 Å². The zero-order valence-corrected chi connectivity index (χ0v) is 12.8. The van der Waals surface area contributed by atoms with Crippen LogP contribution in [0.5, 0.6) is 0 Å². The summed E-state index contributed by atoms with van der Waals surface area (Å²) in [6.45, 7) is 5.74. The Kier molecular flexibility index (Phi) is 4.89. The number of carbonyl (C=O) groups is 1. The average molecular weight is 296 g/mol. The van der Waals surface area contributed by atoms with E-state index in [1.165, 1.54) is 12.8 Å². The Morgan fingerprint density at radius 2 is 2.20 bits per heavy atom. The van der Waals surface area contributed by atoms with Crippen molar-refractivity contribution in [3.8, 4) is 0 Å². The van der Waals surface area contributed by atoms with Crippen LogP contribution in [0.15, 0.2) is 18.2 Å². The number of anilines is 2. The van der Waals surface area contributed by atoms with E-state index in [4.69, 9.17) is 17.3 Å². The molecule has 110 valence electrons. The first-order chi connectivity index (χ1) is 9.45. The molecule has 1 amide bonds. The first-order valence-corrected chi connectivity index (χ1v) is 7.42. The molecule has 5 heteroatoms. The van der Waals surface area contributed by atoms with Crippen molar-refractivity contribution in [2.45, 2.75) is 32.7 Å². The van der Waals surface area contributed by atoms with Crippen LogP contribution < -0.4 is 11.1 Å². The monoisotopic (exact) mass is 295 g/mol. The molecule has 4 nitrogen and oxygen atoms in total. The fraction of sp³-hybridized carbons (Fsp3) is 0.533. The Morgan fingerprint density at radius 1 is 1.50 bits per heavy atom. The van der Waals surface area contributed by atoms with Crippen molar-refractivity contribution in [1.82, 2.24) is 4.90 Å². The third-order valence-corrected chi connectivity index (χ3v) is 3.63. The van der Waals surface area contributed by atoms with E-state index >= 15 is 0 Å². The maximum atomic E-state index is 12.1. The van der Waals surface area contributed by atoms with Crippen molar-refractivity contribution in [1.29, 1.82) is 0 Å². The fourth-order valence-corrected chi connectivity index (χ4v) is 2.38. The SMILES string of the molecule is CC(C)CN(CC(=O)Nc1ccc(Cl)c(N)c1)C1CC1. The summed E-state index contributed by atoms with van der Waals surface area (Å²) in [7, 11) is 0. The van der Waals surface area contributed by atoms with Gasteiger partial charge in [-0.05, 0) is 37.0 Å². The molecule has 1 aliphatic carbocycles. The molecule has 1 saturated carbocycles. The van der Waals surface area contributed by atoms with Gasteiger partial charge in [-0.2, -0.15) is 0 Å². The Morgan fingerprint density at radius 3 is 2.75 bits per heavy atom. The van der Waals surface area contributed by atoms with Gasteiger partial charge in [-0.1, -0.05) is 25.4 Å². The minimum absolute atomic E-state index is 0.000674. The number of amides is 1. The molecule has 2 rings (SSSR count). The lowest BCUT2D eigenvalue weighted by molar-refractivity contribution is -0.117. The van der Waals surface area contributed by atoms with E-state index in [9.17, 15) is 4.79 Å². The molecule has 0 aromatic heterocycles. The number of nitrogens with one attached hydrogen (secondary N) is 1. The summed E-state index contributed by atoms with van der Waals surface area (Å²) in [5, 5.41) is 3.38. The number of hydrogen-bond donors (Lipinski definition) is 2. The van der Waals surface area contributed by atoms with Crippen LogP contribution in [0.2, 0.25) is 5.02 Å². The summed E-state index contributed by atoms with van der Waals surface area (Å²) >= 11 is 5.86. The van der Waals surface area contributed by atoms with Crippen LogP contribution in [0.25, 0.3) is 0 Å². The van der Waals surface area contributed by atoms with Crippen molar-refractivity contribution in [3.05, 3.63) is 23.2 Å². The highest BCUT2D eigenvalue weighted by atomic mass is 35.5. The number of benzene rings is 1. The predicted molar refractivity (Wildman–Crippen MR) is 83.9 cm³/mol. The number of nitrogen functional groups attached to an aromatic ring is 1. The maximum absolute atomic E-state index is 12.1. The third kappa shape index (κ3) is 4.39. The van der Waals surface area contributed by atoms with Crippen molar-refractivity contribution >= 4 is 28.9 Å². The number of carbonyl (C=O) groups excluding carboxylic acids is 1. The molecule has 1 aromatic carbocycles. The van der Waals surface area contributed by atoms with Gasteiger partial charge in [-0.3, -0.25) is 9.69 Å². The Hall–Kier alpha value is -1.26. The second kappa shape index (κ2) is 6.46. The third-order valence-electron chi connectivity index (χ3n) is 3.29. The second-order valence-corrected chi connectivity index (χ2v) is 6.25. The Bertz CT molecular complexity index is 486. The van der Waals surface area contributed by atoms with Gasteiger partial charge >= 0.3 is 0 Å². The van der Waals surface area contributed by atoms with Crippen LogP contribution in [-0.4, -0.2) is 29.9 Å². The highest BCUT2D eigenvalue weighted by Crippen LogP contribution is 2.27. The molecular formula is C15H22ClN3O. The van der Waals surface area contributed by atoms with Crippen molar-refractivity contribution in [2.75, 3.05) is 24.1 Å². The zero-order chi connectivity index (χ0) is 14.7. The molecule has 0 bridgehead atoms. The zero-order valence-electron chi connectivity index (χ0n) is 12.0. The molecule has 20 heavy (non-hydrogen) atoms. The lowest BCUT2D eigenvalue weighted by Gasteiger charge is -2.23. The first-order valence-electron chi connectivity index (χ1n) is 7.04. The summed E-state index contributed by atoms with van der Waals surface area (Å²) in [5.74, 6) is 0.564. The van der Waals surface area contributed by atoms with Crippen LogP contribution in [0, 0.1) is 5.92 Å². The molecule has 0 unspecified atom stereocenters. The largest absolute Gasteiger partial charge is 0.397 e. The van der Waals surface area contributed by atoms with Gasteiger partial charge in [0.1, 0.15) is 0 Å². The highest BCUT2D eigenvalue weighted by Gasteiger charge is 2.30. The van der Waals surface area contributed by atoms with E-state index in [1.54, 1.807) is 18.2 Å². The lowest BCUT2D eigenvalue weighted by Crippen LogP contribution is -2.37. The standard InChI is InChI=1S/C15H22ClN3O/c1-10(2)8-19(12-4-5-12)9-15(20)18-11-3-6-13(16)14(17)7-11/h3,6-7,10,12H,4-5,8-9,17H2,1-2H3,(H,18,20). The summed E-state index contributed by atoms with van der Waals surface area (Å²) in [5.41, 5.74) is 6.90. The molecule has 1 aliphatic rings. The number of nitrogens with two attached hydrogens (primary N) is 1. The van der Waals surface area contributed by atoms with Gasteiger partial charge in [0.05, 0.1) is 17.3 Å². The van der Waals surface area contributed by atoms with E-state index in [0.717, 1.165) is 6.54 Å². The normalized spacial score (nSPS) is 14.8. The van der Waals surface area contributed by atoms with Crippen molar-refractivity contribution < 1.29 is 4.79 Å². The molecular weight excluding hydrogens is 274 g/mol. The van der Waals surface area contributed by atoms with Crippen LogP contribution in [0.1, 0.15) is 26.7 Å². The van der Waals surface area contributed by atoms with Crippen molar-refractivity contribution in [3.63, 3.8) is 0 Å². The van der Waals surface area contributed by atoms with Crippen LogP contribution in [-0.2, 0) is 4.79 Å². The molecule has 0 spiro atoms. The Balaban J connectivity index is 1.91. The lowest BCUT2D eigenvalue weighted by atomic mass is 10.2. The van der Waals surface area contributed by atoms with Crippen LogP contribution >= 0.6 is 11.6 Å². The molecule has 0 heterocycles. The number of nitrogens with zero attached hydrogens (tertiary/aromatic N) is 1. The van der Waals surface area contributed by atoms with Gasteiger partial charge in [-0.15, -0.1) is 0 Å².